The number of carbonyl (C=O) groups excluding carboxylic acids is 1. The number of aromatic nitrogens is 2. The van der Waals surface area contributed by atoms with Gasteiger partial charge < -0.3 is 10.6 Å². The van der Waals surface area contributed by atoms with E-state index in [9.17, 15) is 13.2 Å². The van der Waals surface area contributed by atoms with Gasteiger partial charge in [-0.25, -0.2) is 17.9 Å². The Bertz CT molecular complexity index is 770. The number of amides is 2. The first-order chi connectivity index (χ1) is 11.0. The van der Waals surface area contributed by atoms with Gasteiger partial charge in [-0.2, -0.15) is 5.10 Å². The molecule has 1 aliphatic rings. The second-order valence-corrected chi connectivity index (χ2v) is 7.77. The standard InChI is InChI=1S/C15H18N4O3S/c20-15(18-13-6-9-23(21,22)11-13)16-10-12-2-4-14(5-3-12)19-8-1-7-17-19/h1-5,7-8,13H,6,9-11H2,(H2,16,18,20). The van der Waals surface area contributed by atoms with Crippen molar-refractivity contribution < 1.29 is 13.2 Å². The van der Waals surface area contributed by atoms with Gasteiger partial charge in [0.15, 0.2) is 9.84 Å². The molecule has 1 aromatic carbocycles. The Morgan fingerprint density at radius 3 is 2.70 bits per heavy atom. The third kappa shape index (κ3) is 4.10. The minimum absolute atomic E-state index is 0.0268. The van der Waals surface area contributed by atoms with Crippen LogP contribution in [0.1, 0.15) is 12.0 Å². The van der Waals surface area contributed by atoms with Gasteiger partial charge in [0.2, 0.25) is 0 Å². The van der Waals surface area contributed by atoms with Crippen molar-refractivity contribution in [1.82, 2.24) is 20.4 Å². The third-order valence-electron chi connectivity index (χ3n) is 3.73. The fourth-order valence-corrected chi connectivity index (χ4v) is 4.19. The lowest BCUT2D eigenvalue weighted by Gasteiger charge is -2.12. The predicted octanol–water partition coefficient (Wildman–Crippen LogP) is 0.859. The summed E-state index contributed by atoms with van der Waals surface area (Å²) in [5.41, 5.74) is 1.90. The van der Waals surface area contributed by atoms with E-state index >= 15 is 0 Å². The van der Waals surface area contributed by atoms with E-state index in [1.807, 2.05) is 36.5 Å². The molecule has 1 aliphatic heterocycles. The van der Waals surface area contributed by atoms with E-state index in [0.717, 1.165) is 11.3 Å². The minimum Gasteiger partial charge on any atom is -0.334 e. The Morgan fingerprint density at radius 1 is 1.30 bits per heavy atom. The van der Waals surface area contributed by atoms with Crippen molar-refractivity contribution in [2.75, 3.05) is 11.5 Å². The molecule has 1 unspecified atom stereocenters. The Balaban J connectivity index is 1.49. The first-order valence-corrected chi connectivity index (χ1v) is 9.18. The Morgan fingerprint density at radius 2 is 2.09 bits per heavy atom. The summed E-state index contributed by atoms with van der Waals surface area (Å²) in [6.07, 6.45) is 4.05. The highest BCUT2D eigenvalue weighted by Gasteiger charge is 2.28. The van der Waals surface area contributed by atoms with Gasteiger partial charge in [-0.1, -0.05) is 12.1 Å². The molecule has 3 rings (SSSR count). The number of urea groups is 1. The average Bonchev–Trinajstić information content (AvgIpc) is 3.15. The van der Waals surface area contributed by atoms with Crippen LogP contribution in [-0.4, -0.2) is 41.8 Å². The van der Waals surface area contributed by atoms with Gasteiger partial charge in [-0.3, -0.25) is 0 Å². The van der Waals surface area contributed by atoms with E-state index in [1.54, 1.807) is 10.9 Å². The number of benzene rings is 1. The van der Waals surface area contributed by atoms with E-state index in [1.165, 1.54) is 0 Å². The molecule has 2 amide bonds. The van der Waals surface area contributed by atoms with Crippen LogP contribution >= 0.6 is 0 Å². The summed E-state index contributed by atoms with van der Waals surface area (Å²) in [4.78, 5) is 11.8. The lowest BCUT2D eigenvalue weighted by molar-refractivity contribution is 0.237. The van der Waals surface area contributed by atoms with E-state index in [4.69, 9.17) is 0 Å². The number of rotatable bonds is 4. The maximum atomic E-state index is 11.8. The molecule has 1 saturated heterocycles. The van der Waals surface area contributed by atoms with Gasteiger partial charge >= 0.3 is 6.03 Å². The van der Waals surface area contributed by atoms with Crippen molar-refractivity contribution in [3.8, 4) is 5.69 Å². The fourth-order valence-electron chi connectivity index (χ4n) is 2.52. The highest BCUT2D eigenvalue weighted by molar-refractivity contribution is 7.91. The second kappa shape index (κ2) is 6.41. The zero-order valence-electron chi connectivity index (χ0n) is 12.5. The van der Waals surface area contributed by atoms with Crippen molar-refractivity contribution in [1.29, 1.82) is 0 Å². The number of carbonyl (C=O) groups is 1. The van der Waals surface area contributed by atoms with Crippen LogP contribution in [0.4, 0.5) is 4.79 Å². The molecular formula is C15H18N4O3S. The van der Waals surface area contributed by atoms with Gasteiger partial charge in [0.1, 0.15) is 0 Å². The van der Waals surface area contributed by atoms with E-state index in [-0.39, 0.29) is 23.6 Å². The monoisotopic (exact) mass is 334 g/mol. The van der Waals surface area contributed by atoms with Crippen molar-refractivity contribution >= 4 is 15.9 Å². The maximum Gasteiger partial charge on any atom is 0.315 e. The normalized spacial score (nSPS) is 19.4. The van der Waals surface area contributed by atoms with Crippen LogP contribution in [0.5, 0.6) is 0 Å². The number of nitrogens with zero attached hydrogens (tertiary/aromatic N) is 2. The molecule has 8 heteroatoms. The number of hydrogen-bond acceptors (Lipinski definition) is 4. The van der Waals surface area contributed by atoms with Gasteiger partial charge in [-0.15, -0.1) is 0 Å². The molecule has 0 radical (unpaired) electrons. The SMILES string of the molecule is O=C(NCc1ccc(-n2cccn2)cc1)NC1CCS(=O)(=O)C1. The van der Waals surface area contributed by atoms with Crippen molar-refractivity contribution in [2.45, 2.75) is 19.0 Å². The van der Waals surface area contributed by atoms with E-state index < -0.39 is 9.84 Å². The maximum absolute atomic E-state index is 11.8. The van der Waals surface area contributed by atoms with Crippen LogP contribution in [0.2, 0.25) is 0 Å². The second-order valence-electron chi connectivity index (χ2n) is 5.54. The molecule has 0 spiro atoms. The van der Waals surface area contributed by atoms with Crippen LogP contribution in [0.15, 0.2) is 42.7 Å². The molecule has 2 N–H and O–H groups in total. The third-order valence-corrected chi connectivity index (χ3v) is 5.49. The number of sulfone groups is 1. The quantitative estimate of drug-likeness (QED) is 0.867. The van der Waals surface area contributed by atoms with Crippen molar-refractivity contribution in [3.63, 3.8) is 0 Å². The Kier molecular flexibility index (Phi) is 4.33. The summed E-state index contributed by atoms with van der Waals surface area (Å²) < 4.78 is 24.5. The Hall–Kier alpha value is -2.35. The molecule has 0 bridgehead atoms. The zero-order chi connectivity index (χ0) is 16.3. The van der Waals surface area contributed by atoms with Crippen LogP contribution < -0.4 is 10.6 Å². The minimum atomic E-state index is -2.99. The van der Waals surface area contributed by atoms with Crippen molar-refractivity contribution in [3.05, 3.63) is 48.3 Å². The molecule has 1 fully saturated rings. The Labute approximate surface area is 134 Å². The van der Waals surface area contributed by atoms with Crippen LogP contribution in [0.3, 0.4) is 0 Å². The lowest BCUT2D eigenvalue weighted by atomic mass is 10.2. The molecule has 0 saturated carbocycles. The summed E-state index contributed by atoms with van der Waals surface area (Å²) in [6, 6.07) is 8.89. The molecule has 2 heterocycles. The summed E-state index contributed by atoms with van der Waals surface area (Å²) in [7, 11) is -2.99. The molecule has 23 heavy (non-hydrogen) atoms. The molecule has 122 valence electrons. The van der Waals surface area contributed by atoms with Gasteiger partial charge in [-0.05, 0) is 30.2 Å². The van der Waals surface area contributed by atoms with Gasteiger partial charge in [0, 0.05) is 25.0 Å². The molecule has 1 aromatic heterocycles. The predicted molar refractivity (Wildman–Crippen MR) is 86.0 cm³/mol. The van der Waals surface area contributed by atoms with Crippen LogP contribution in [0.25, 0.3) is 5.69 Å². The molecule has 2 aromatic rings. The van der Waals surface area contributed by atoms with E-state index in [2.05, 4.69) is 15.7 Å². The summed E-state index contributed by atoms with van der Waals surface area (Å²) in [6.45, 7) is 0.380. The van der Waals surface area contributed by atoms with Gasteiger partial charge in [0.05, 0.1) is 17.2 Å². The largest absolute Gasteiger partial charge is 0.334 e. The van der Waals surface area contributed by atoms with E-state index in [0.29, 0.717) is 13.0 Å². The van der Waals surface area contributed by atoms with Crippen LogP contribution in [0, 0.1) is 0 Å². The smallest absolute Gasteiger partial charge is 0.315 e. The summed E-state index contributed by atoms with van der Waals surface area (Å²) in [5.74, 6) is 0.172. The van der Waals surface area contributed by atoms with Crippen LogP contribution in [-0.2, 0) is 16.4 Å². The molecule has 1 atom stereocenters. The average molecular weight is 334 g/mol. The topological polar surface area (TPSA) is 93.1 Å². The summed E-state index contributed by atoms with van der Waals surface area (Å²) >= 11 is 0. The highest BCUT2D eigenvalue weighted by Crippen LogP contribution is 2.11. The highest BCUT2D eigenvalue weighted by atomic mass is 32.2. The fraction of sp³-hybridized carbons (Fsp3) is 0.333. The first kappa shape index (κ1) is 15.5. The number of nitrogens with one attached hydrogen (secondary N) is 2. The van der Waals surface area contributed by atoms with Gasteiger partial charge in [0.25, 0.3) is 0 Å². The first-order valence-electron chi connectivity index (χ1n) is 7.36. The zero-order valence-corrected chi connectivity index (χ0v) is 13.3. The molecular weight excluding hydrogens is 316 g/mol. The number of hydrogen-bond donors (Lipinski definition) is 2. The lowest BCUT2D eigenvalue weighted by Crippen LogP contribution is -2.42. The molecule has 0 aliphatic carbocycles. The molecule has 7 nitrogen and oxygen atoms in total. The van der Waals surface area contributed by atoms with Crippen molar-refractivity contribution in [2.24, 2.45) is 0 Å². The summed E-state index contributed by atoms with van der Waals surface area (Å²) in [5, 5.41) is 9.58.